The van der Waals surface area contributed by atoms with Crippen LogP contribution in [0.5, 0.6) is 0 Å². The number of oxime groups is 1. The Morgan fingerprint density at radius 3 is 2.07 bits per heavy atom. The van der Waals surface area contributed by atoms with E-state index < -0.39 is 6.85 Å². The van der Waals surface area contributed by atoms with E-state index >= 15 is 0 Å². The van der Waals surface area contributed by atoms with Gasteiger partial charge in [0.1, 0.15) is 0 Å². The van der Waals surface area contributed by atoms with E-state index in [4.69, 9.17) is 9.32 Å². The van der Waals surface area contributed by atoms with Crippen LogP contribution in [0.25, 0.3) is 0 Å². The van der Waals surface area contributed by atoms with Gasteiger partial charge < -0.3 is 5.21 Å². The lowest BCUT2D eigenvalue weighted by molar-refractivity contribution is -0.0140. The van der Waals surface area contributed by atoms with E-state index in [1.54, 1.807) is 0 Å². The first kappa shape index (κ1) is 6.14. The summed E-state index contributed by atoms with van der Waals surface area (Å²) in [5.41, 5.74) is -0.224. The molecule has 0 atom stereocenters. The molecule has 0 radical (unpaired) electrons. The Morgan fingerprint density at radius 2 is 1.71 bits per heavy atom. The second-order valence-electron chi connectivity index (χ2n) is 5.65. The summed E-state index contributed by atoms with van der Waals surface area (Å²) in [6.07, 6.45) is 6.57. The summed E-state index contributed by atoms with van der Waals surface area (Å²) in [6, 6.07) is 0. The third-order valence-electron chi connectivity index (χ3n) is 4.64. The van der Waals surface area contributed by atoms with E-state index in [-0.39, 0.29) is 11.1 Å². The highest BCUT2D eigenvalue weighted by Crippen LogP contribution is 2.60. The molecule has 2 heteroatoms. The molecule has 0 aromatic rings. The van der Waals surface area contributed by atoms with Crippen molar-refractivity contribution in [1.82, 2.24) is 0 Å². The SMILES string of the molecule is [2H]C([2H])([2H])/C(=N\O)C12CC3CC(CC(C3)C1)C2. The molecule has 2 nitrogen and oxygen atoms in total. The molecule has 0 saturated heterocycles. The van der Waals surface area contributed by atoms with Crippen molar-refractivity contribution in [3.8, 4) is 0 Å². The third kappa shape index (κ3) is 1.06. The Hall–Kier alpha value is -0.530. The number of hydrogen-bond donors (Lipinski definition) is 1. The van der Waals surface area contributed by atoms with Crippen LogP contribution in [0, 0.1) is 23.2 Å². The molecule has 0 unspecified atom stereocenters. The topological polar surface area (TPSA) is 32.6 Å². The van der Waals surface area contributed by atoms with Crippen LogP contribution in [0.3, 0.4) is 0 Å². The van der Waals surface area contributed by atoms with Crippen molar-refractivity contribution in [2.45, 2.75) is 45.4 Å². The maximum absolute atomic E-state index is 9.15. The average Bonchev–Trinajstić information content (AvgIpc) is 2.12. The van der Waals surface area contributed by atoms with Gasteiger partial charge in [-0.3, -0.25) is 0 Å². The molecule has 14 heavy (non-hydrogen) atoms. The molecule has 0 spiro atoms. The van der Waals surface area contributed by atoms with Gasteiger partial charge in [0.15, 0.2) is 0 Å². The molecule has 0 aromatic carbocycles. The van der Waals surface area contributed by atoms with Crippen LogP contribution in [0.15, 0.2) is 5.16 Å². The molecule has 4 saturated carbocycles. The zero-order valence-electron chi connectivity index (χ0n) is 11.4. The lowest BCUT2D eigenvalue weighted by atomic mass is 9.48. The zero-order valence-corrected chi connectivity index (χ0v) is 8.37. The lowest BCUT2D eigenvalue weighted by Gasteiger charge is -2.56. The summed E-state index contributed by atoms with van der Waals surface area (Å²) in [5.74, 6) is 2.00. The molecule has 4 bridgehead atoms. The maximum Gasteiger partial charge on any atom is 0.0601 e. The van der Waals surface area contributed by atoms with Gasteiger partial charge >= 0.3 is 0 Å². The van der Waals surface area contributed by atoms with Gasteiger partial charge in [-0.1, -0.05) is 5.16 Å². The molecule has 4 fully saturated rings. The predicted octanol–water partition coefficient (Wildman–Crippen LogP) is 3.05. The van der Waals surface area contributed by atoms with Crippen molar-refractivity contribution in [2.24, 2.45) is 28.3 Å². The largest absolute Gasteiger partial charge is 0.411 e. The molecule has 78 valence electrons. The summed E-state index contributed by atoms with van der Waals surface area (Å²) in [4.78, 5) is 0. The van der Waals surface area contributed by atoms with Gasteiger partial charge in [0.05, 0.1) is 5.71 Å². The second-order valence-corrected chi connectivity index (χ2v) is 5.65. The van der Waals surface area contributed by atoms with Gasteiger partial charge in [-0.15, -0.1) is 0 Å². The van der Waals surface area contributed by atoms with Gasteiger partial charge in [-0.2, -0.15) is 0 Å². The third-order valence-corrected chi connectivity index (χ3v) is 4.64. The van der Waals surface area contributed by atoms with E-state index in [9.17, 15) is 0 Å². The van der Waals surface area contributed by atoms with Crippen molar-refractivity contribution >= 4 is 5.71 Å². The summed E-state index contributed by atoms with van der Waals surface area (Å²) in [6.45, 7) is -2.24. The van der Waals surface area contributed by atoms with Crippen LogP contribution < -0.4 is 0 Å². The zero-order chi connectivity index (χ0) is 12.3. The fourth-order valence-electron chi connectivity index (χ4n) is 4.51. The van der Waals surface area contributed by atoms with Crippen molar-refractivity contribution in [3.05, 3.63) is 0 Å². The van der Waals surface area contributed by atoms with Crippen LogP contribution in [0.4, 0.5) is 0 Å². The number of rotatable bonds is 1. The van der Waals surface area contributed by atoms with Gasteiger partial charge in [-0.25, -0.2) is 0 Å². The summed E-state index contributed by atoms with van der Waals surface area (Å²) in [5, 5.41) is 12.4. The Labute approximate surface area is 89.6 Å². The van der Waals surface area contributed by atoms with Crippen LogP contribution >= 0.6 is 0 Å². The summed E-state index contributed by atoms with van der Waals surface area (Å²) in [7, 11) is 0. The van der Waals surface area contributed by atoms with Crippen molar-refractivity contribution in [1.29, 1.82) is 0 Å². The van der Waals surface area contributed by atoms with E-state index in [2.05, 4.69) is 5.16 Å². The van der Waals surface area contributed by atoms with Crippen molar-refractivity contribution in [2.75, 3.05) is 0 Å². The fraction of sp³-hybridized carbons (Fsp3) is 0.917. The number of hydrogen-bond acceptors (Lipinski definition) is 2. The second kappa shape index (κ2) is 2.74. The van der Waals surface area contributed by atoms with Gasteiger partial charge in [0.25, 0.3) is 0 Å². The molecule has 4 rings (SSSR count). The van der Waals surface area contributed by atoms with Crippen LogP contribution in [0.2, 0.25) is 0 Å². The molecule has 4 aliphatic carbocycles. The van der Waals surface area contributed by atoms with Crippen LogP contribution in [-0.2, 0) is 0 Å². The minimum atomic E-state index is -2.24. The van der Waals surface area contributed by atoms with Gasteiger partial charge in [0, 0.05) is 9.53 Å². The smallest absolute Gasteiger partial charge is 0.0601 e. The Bertz CT molecular complexity index is 326. The minimum Gasteiger partial charge on any atom is -0.411 e. The first-order valence-corrected chi connectivity index (χ1v) is 5.66. The van der Waals surface area contributed by atoms with E-state index in [1.165, 1.54) is 19.3 Å². The number of nitrogens with zero attached hydrogens (tertiary/aromatic N) is 1. The molecule has 1 N–H and O–H groups in total. The standard InChI is InChI=1S/C12H19NO/c1-8(13-14)12-5-9-2-10(6-12)4-11(3-9)7-12/h9-11,14H,2-7H2,1H3/b13-8+/i1D3. The fourth-order valence-corrected chi connectivity index (χ4v) is 4.51. The Balaban J connectivity index is 1.96. The van der Waals surface area contributed by atoms with Gasteiger partial charge in [-0.05, 0) is 63.1 Å². The highest BCUT2D eigenvalue weighted by atomic mass is 16.4. The van der Waals surface area contributed by atoms with E-state index in [1.807, 2.05) is 0 Å². The quantitative estimate of drug-likeness (QED) is 0.390. The summed E-state index contributed by atoms with van der Waals surface area (Å²) >= 11 is 0. The molecule has 0 heterocycles. The van der Waals surface area contributed by atoms with Crippen LogP contribution in [0.1, 0.15) is 49.5 Å². The monoisotopic (exact) mass is 196 g/mol. The van der Waals surface area contributed by atoms with Crippen molar-refractivity contribution < 1.29 is 9.32 Å². The first-order valence-electron chi connectivity index (χ1n) is 7.16. The maximum atomic E-state index is 9.15. The first-order chi connectivity index (χ1) is 7.93. The minimum absolute atomic E-state index is 0.0871. The molecular weight excluding hydrogens is 174 g/mol. The molecular formula is C12H19NO. The van der Waals surface area contributed by atoms with Crippen LogP contribution in [-0.4, -0.2) is 10.9 Å². The summed E-state index contributed by atoms with van der Waals surface area (Å²) < 4.78 is 22.7. The normalized spacial score (nSPS) is 55.3. The van der Waals surface area contributed by atoms with E-state index in [0.717, 1.165) is 19.3 Å². The molecule has 4 aliphatic rings. The van der Waals surface area contributed by atoms with Gasteiger partial charge in [0.2, 0.25) is 0 Å². The molecule has 0 aromatic heterocycles. The highest BCUT2D eigenvalue weighted by Gasteiger charge is 2.52. The molecule has 0 amide bonds. The van der Waals surface area contributed by atoms with E-state index in [0.29, 0.717) is 17.8 Å². The Kier molecular flexibility index (Phi) is 1.20. The predicted molar refractivity (Wildman–Crippen MR) is 55.5 cm³/mol. The van der Waals surface area contributed by atoms with Crippen molar-refractivity contribution in [3.63, 3.8) is 0 Å². The Morgan fingerprint density at radius 1 is 1.21 bits per heavy atom. The average molecular weight is 196 g/mol. The molecule has 0 aliphatic heterocycles. The lowest BCUT2D eigenvalue weighted by Crippen LogP contribution is -2.49. The highest BCUT2D eigenvalue weighted by molar-refractivity contribution is 5.87.